The number of carboxylic acids is 1. The first-order valence-electron chi connectivity index (χ1n) is 12.7. The number of aliphatic carboxylic acids is 1. The number of fused-ring (bicyclic) bond motifs is 2. The molecule has 0 fully saturated rings. The van der Waals surface area contributed by atoms with E-state index in [2.05, 4.69) is 41.9 Å². The van der Waals surface area contributed by atoms with Gasteiger partial charge in [0.25, 0.3) is 6.47 Å². The molecule has 8 heteroatoms. The minimum absolute atomic E-state index is 0.0421. The third-order valence-electron chi connectivity index (χ3n) is 7.23. The van der Waals surface area contributed by atoms with E-state index in [1.807, 2.05) is 19.1 Å². The van der Waals surface area contributed by atoms with Crippen LogP contribution in [0.15, 0.2) is 54.7 Å². The van der Waals surface area contributed by atoms with Crippen molar-refractivity contribution in [3.8, 4) is 5.88 Å². The van der Waals surface area contributed by atoms with Crippen LogP contribution in [0.2, 0.25) is 0 Å². The Morgan fingerprint density at radius 2 is 2.00 bits per heavy atom. The largest absolute Gasteiger partial charge is 0.483 e. The van der Waals surface area contributed by atoms with Gasteiger partial charge in [-0.3, -0.25) is 14.5 Å². The molecule has 2 heterocycles. The van der Waals surface area contributed by atoms with Crippen LogP contribution in [0.5, 0.6) is 5.88 Å². The second-order valence-electron chi connectivity index (χ2n) is 10.5. The number of hydrogen-bond donors (Lipinski definition) is 2. The first kappa shape index (κ1) is 27.3. The van der Waals surface area contributed by atoms with E-state index in [-0.39, 0.29) is 30.7 Å². The zero-order valence-corrected chi connectivity index (χ0v) is 21.9. The van der Waals surface area contributed by atoms with E-state index in [0.29, 0.717) is 5.88 Å². The number of carboxylic acid groups (broad SMARTS) is 2. The van der Waals surface area contributed by atoms with E-state index in [1.54, 1.807) is 12.3 Å². The Morgan fingerprint density at radius 3 is 2.71 bits per heavy atom. The quantitative estimate of drug-likeness (QED) is 0.429. The second-order valence-corrected chi connectivity index (χ2v) is 10.5. The van der Waals surface area contributed by atoms with Crippen molar-refractivity contribution in [3.63, 3.8) is 0 Å². The van der Waals surface area contributed by atoms with Crippen molar-refractivity contribution in [2.24, 2.45) is 0 Å². The van der Waals surface area contributed by atoms with E-state index in [0.717, 1.165) is 48.2 Å². The van der Waals surface area contributed by atoms with Crippen molar-refractivity contribution in [1.82, 2.24) is 9.88 Å². The highest BCUT2D eigenvalue weighted by molar-refractivity contribution is 5.69. The molecule has 0 saturated heterocycles. The molecule has 0 amide bonds. The van der Waals surface area contributed by atoms with Gasteiger partial charge in [-0.05, 0) is 79.6 Å². The van der Waals surface area contributed by atoms with E-state index in [4.69, 9.17) is 14.6 Å². The van der Waals surface area contributed by atoms with Crippen LogP contribution in [0.4, 0.5) is 4.39 Å². The molecule has 0 radical (unpaired) electrons. The lowest BCUT2D eigenvalue weighted by Crippen LogP contribution is -2.41. The van der Waals surface area contributed by atoms with Crippen LogP contribution < -0.4 is 4.74 Å². The van der Waals surface area contributed by atoms with Gasteiger partial charge in [-0.25, -0.2) is 9.37 Å². The summed E-state index contributed by atoms with van der Waals surface area (Å²) in [5.74, 6) is -0.824. The molecular formula is C30H33FN2O5. The Kier molecular flexibility index (Phi) is 8.11. The molecule has 5 rings (SSSR count). The van der Waals surface area contributed by atoms with Gasteiger partial charge in [0.05, 0.1) is 6.42 Å². The zero-order chi connectivity index (χ0) is 27.4. The summed E-state index contributed by atoms with van der Waals surface area (Å²) >= 11 is 0. The molecule has 0 bridgehead atoms. The number of benzene rings is 2. The lowest BCUT2D eigenvalue weighted by molar-refractivity contribution is -0.137. The zero-order valence-electron chi connectivity index (χ0n) is 21.9. The van der Waals surface area contributed by atoms with Crippen molar-refractivity contribution >= 4 is 12.4 Å². The van der Waals surface area contributed by atoms with Crippen molar-refractivity contribution in [2.45, 2.75) is 64.1 Å². The molecule has 0 saturated carbocycles. The molecule has 2 aliphatic rings. The molecule has 3 aromatic rings. The summed E-state index contributed by atoms with van der Waals surface area (Å²) in [6, 6.07) is 15.2. The fourth-order valence-electron chi connectivity index (χ4n) is 5.72. The normalized spacial score (nSPS) is 18.6. The highest BCUT2D eigenvalue weighted by Crippen LogP contribution is 2.42. The number of aryl methyl sites for hydroxylation is 2. The van der Waals surface area contributed by atoms with Gasteiger partial charge in [0.2, 0.25) is 5.88 Å². The van der Waals surface area contributed by atoms with Gasteiger partial charge in [0.1, 0.15) is 11.4 Å². The van der Waals surface area contributed by atoms with E-state index >= 15 is 0 Å². The summed E-state index contributed by atoms with van der Waals surface area (Å²) in [5.41, 5.74) is 5.82. The molecule has 1 aliphatic carbocycles. The van der Waals surface area contributed by atoms with Gasteiger partial charge in [0.15, 0.2) is 0 Å². The number of rotatable bonds is 5. The van der Waals surface area contributed by atoms with Crippen molar-refractivity contribution in [1.29, 1.82) is 0 Å². The second kappa shape index (κ2) is 11.3. The smallest absolute Gasteiger partial charge is 0.304 e. The van der Waals surface area contributed by atoms with Gasteiger partial charge < -0.3 is 14.9 Å². The number of pyridine rings is 1. The minimum Gasteiger partial charge on any atom is -0.483 e. The van der Waals surface area contributed by atoms with Crippen molar-refractivity contribution in [2.75, 3.05) is 6.54 Å². The standard InChI is InChI=1S/C29H31FN2O3.CH2O2/c1-18-13-22(30)9-10-23(18)24(15-27(33)34)20-7-6-19-8-11-26(25(19)14-20)32-16-21-5-4-12-31-28(21)35-29(2,3)17-32;2-1-3/h4-7,9-10,12-14,24,26H,8,11,15-17H2,1-3H3,(H,33,34);1H,(H,2,3). The van der Waals surface area contributed by atoms with E-state index < -0.39 is 11.6 Å². The molecule has 1 aliphatic heterocycles. The third-order valence-corrected chi connectivity index (χ3v) is 7.23. The van der Waals surface area contributed by atoms with Crippen LogP contribution in [-0.2, 0) is 22.6 Å². The Bertz CT molecular complexity index is 1330. The minimum atomic E-state index is -0.869. The average Bonchev–Trinajstić information content (AvgIpc) is 3.21. The third kappa shape index (κ3) is 6.02. The summed E-state index contributed by atoms with van der Waals surface area (Å²) in [6.45, 7) is 7.28. The van der Waals surface area contributed by atoms with Gasteiger partial charge in [-0.2, -0.15) is 0 Å². The summed E-state index contributed by atoms with van der Waals surface area (Å²) in [6.07, 6.45) is 3.71. The number of hydrogen-bond acceptors (Lipinski definition) is 5. The molecule has 1 aromatic heterocycles. The number of aromatic nitrogens is 1. The summed E-state index contributed by atoms with van der Waals surface area (Å²) < 4.78 is 20.0. The maximum absolute atomic E-state index is 13.8. The molecule has 7 nitrogen and oxygen atoms in total. The first-order valence-corrected chi connectivity index (χ1v) is 12.7. The predicted molar refractivity (Wildman–Crippen MR) is 141 cm³/mol. The Labute approximate surface area is 221 Å². The molecular weight excluding hydrogens is 487 g/mol. The number of ether oxygens (including phenoxy) is 1. The SMILES string of the molecule is Cc1cc(F)ccc1C(CC(=O)O)c1ccc2c(c1)C(N1Cc3cccnc3OC(C)(C)C1)CC2.O=CO. The van der Waals surface area contributed by atoms with Gasteiger partial charge in [-0.1, -0.05) is 30.3 Å². The number of nitrogens with zero attached hydrogens (tertiary/aromatic N) is 2. The van der Waals surface area contributed by atoms with Crippen molar-refractivity contribution in [3.05, 3.63) is 93.9 Å². The van der Waals surface area contributed by atoms with Crippen LogP contribution in [0.25, 0.3) is 0 Å². The Balaban J connectivity index is 0.00000107. The first-order chi connectivity index (χ1) is 18.1. The lowest BCUT2D eigenvalue weighted by Gasteiger charge is -2.34. The highest BCUT2D eigenvalue weighted by atomic mass is 19.1. The molecule has 2 unspecified atom stereocenters. The van der Waals surface area contributed by atoms with Gasteiger partial charge >= 0.3 is 5.97 Å². The maximum Gasteiger partial charge on any atom is 0.304 e. The molecule has 2 atom stereocenters. The number of halogens is 1. The van der Waals surface area contributed by atoms with Crippen LogP contribution in [0.1, 0.15) is 72.0 Å². The Hall–Kier alpha value is -3.78. The van der Waals surface area contributed by atoms with Crippen LogP contribution in [-0.4, -0.2) is 44.7 Å². The van der Waals surface area contributed by atoms with Gasteiger partial charge in [-0.15, -0.1) is 0 Å². The monoisotopic (exact) mass is 520 g/mol. The van der Waals surface area contributed by atoms with Crippen LogP contribution in [0.3, 0.4) is 0 Å². The predicted octanol–water partition coefficient (Wildman–Crippen LogP) is 5.50. The molecule has 2 N–H and O–H groups in total. The molecule has 200 valence electrons. The van der Waals surface area contributed by atoms with E-state index in [1.165, 1.54) is 23.3 Å². The number of carbonyl (C=O) groups is 2. The fraction of sp³-hybridized carbons (Fsp3) is 0.367. The lowest BCUT2D eigenvalue weighted by atomic mass is 9.84. The average molecular weight is 521 g/mol. The summed E-state index contributed by atoms with van der Waals surface area (Å²) in [7, 11) is 0. The van der Waals surface area contributed by atoms with Crippen LogP contribution in [0, 0.1) is 12.7 Å². The molecule has 0 spiro atoms. The van der Waals surface area contributed by atoms with Gasteiger partial charge in [0, 0.05) is 36.8 Å². The van der Waals surface area contributed by atoms with Crippen LogP contribution >= 0.6 is 0 Å². The summed E-state index contributed by atoms with van der Waals surface area (Å²) in [5, 5.41) is 16.6. The maximum atomic E-state index is 13.8. The highest BCUT2D eigenvalue weighted by Gasteiger charge is 2.36. The fourth-order valence-corrected chi connectivity index (χ4v) is 5.72. The van der Waals surface area contributed by atoms with E-state index in [9.17, 15) is 14.3 Å². The van der Waals surface area contributed by atoms with Crippen molar-refractivity contribution < 1.29 is 28.9 Å². The topological polar surface area (TPSA) is 100.0 Å². The Morgan fingerprint density at radius 1 is 1.24 bits per heavy atom. The molecule has 2 aromatic carbocycles. The summed E-state index contributed by atoms with van der Waals surface area (Å²) in [4.78, 5) is 27.1. The molecule has 38 heavy (non-hydrogen) atoms.